The molecule has 0 aliphatic rings. The molecule has 1 aromatic rings. The van der Waals surface area contributed by atoms with Crippen LogP contribution < -0.4 is 5.73 Å². The van der Waals surface area contributed by atoms with Crippen molar-refractivity contribution in [3.63, 3.8) is 0 Å². The van der Waals surface area contributed by atoms with Crippen LogP contribution in [0.5, 0.6) is 0 Å². The van der Waals surface area contributed by atoms with E-state index in [4.69, 9.17) is 17.3 Å². The maximum absolute atomic E-state index is 5.83. The van der Waals surface area contributed by atoms with Crippen molar-refractivity contribution in [2.45, 2.75) is 0 Å². The number of hydrogen-bond acceptors (Lipinski definition) is 2. The normalized spacial score (nSPS) is 10.7. The predicted molar refractivity (Wildman–Crippen MR) is 47.3 cm³/mol. The van der Waals surface area contributed by atoms with E-state index in [9.17, 15) is 0 Å². The number of halogens is 1. The molecule has 0 aliphatic carbocycles. The Bertz CT molecular complexity index is 258. The van der Waals surface area contributed by atoms with Gasteiger partial charge in [-0.1, -0.05) is 23.8 Å². The molecule has 0 aromatic carbocycles. The van der Waals surface area contributed by atoms with Gasteiger partial charge in [-0.3, -0.25) is 4.98 Å². The summed E-state index contributed by atoms with van der Waals surface area (Å²) >= 11 is 5.83. The molecule has 3 heteroatoms. The first-order chi connectivity index (χ1) is 5.34. The molecule has 0 amide bonds. The highest BCUT2D eigenvalue weighted by molar-refractivity contribution is 6.32. The second-order valence-corrected chi connectivity index (χ2v) is 2.44. The number of nitrogens with zero attached hydrogens (tertiary/aromatic N) is 1. The smallest absolute Gasteiger partial charge is 0.0509 e. The fraction of sp³-hybridized carbons (Fsp3) is 0.125. The van der Waals surface area contributed by atoms with Crippen molar-refractivity contribution in [3.05, 3.63) is 35.1 Å². The maximum Gasteiger partial charge on any atom is 0.0509 e. The van der Waals surface area contributed by atoms with Crippen LogP contribution in [0.2, 0.25) is 5.02 Å². The summed E-state index contributed by atoms with van der Waals surface area (Å²) in [6.07, 6.45) is 7.05. The highest BCUT2D eigenvalue weighted by Gasteiger charge is 1.92. The summed E-state index contributed by atoms with van der Waals surface area (Å²) in [6.45, 7) is 0.519. The van der Waals surface area contributed by atoms with Crippen molar-refractivity contribution >= 4 is 17.7 Å². The van der Waals surface area contributed by atoms with Crippen LogP contribution in [0.3, 0.4) is 0 Å². The van der Waals surface area contributed by atoms with E-state index < -0.39 is 0 Å². The number of hydrogen-bond donors (Lipinski definition) is 1. The van der Waals surface area contributed by atoms with Crippen LogP contribution in [0.25, 0.3) is 6.08 Å². The van der Waals surface area contributed by atoms with Gasteiger partial charge in [0.05, 0.1) is 5.02 Å². The minimum Gasteiger partial charge on any atom is -0.327 e. The molecule has 0 radical (unpaired) electrons. The highest BCUT2D eigenvalue weighted by atomic mass is 35.5. The Morgan fingerprint density at radius 1 is 1.64 bits per heavy atom. The van der Waals surface area contributed by atoms with Crippen LogP contribution in [0, 0.1) is 0 Å². The summed E-state index contributed by atoms with van der Waals surface area (Å²) in [6, 6.07) is 1.75. The van der Waals surface area contributed by atoms with Crippen LogP contribution in [0.15, 0.2) is 24.5 Å². The van der Waals surface area contributed by atoms with E-state index >= 15 is 0 Å². The van der Waals surface area contributed by atoms with Gasteiger partial charge in [-0.25, -0.2) is 0 Å². The molecule has 0 atom stereocenters. The lowest BCUT2D eigenvalue weighted by atomic mass is 10.2. The first kappa shape index (κ1) is 8.24. The molecular formula is C8H9ClN2. The molecule has 0 unspecified atom stereocenters. The quantitative estimate of drug-likeness (QED) is 0.730. The van der Waals surface area contributed by atoms with Gasteiger partial charge in [0, 0.05) is 24.5 Å². The number of pyridine rings is 1. The van der Waals surface area contributed by atoms with Crippen molar-refractivity contribution in [1.29, 1.82) is 0 Å². The Labute approximate surface area is 70.7 Å². The van der Waals surface area contributed by atoms with Gasteiger partial charge in [0.1, 0.15) is 0 Å². The Morgan fingerprint density at radius 3 is 3.09 bits per heavy atom. The molecule has 0 saturated carbocycles. The van der Waals surface area contributed by atoms with Crippen molar-refractivity contribution in [2.24, 2.45) is 5.73 Å². The fourth-order valence-electron chi connectivity index (χ4n) is 0.707. The van der Waals surface area contributed by atoms with Crippen LogP contribution in [-0.4, -0.2) is 11.5 Å². The van der Waals surface area contributed by atoms with E-state index in [1.54, 1.807) is 18.5 Å². The summed E-state index contributed by atoms with van der Waals surface area (Å²) in [4.78, 5) is 3.92. The zero-order valence-electron chi connectivity index (χ0n) is 6.00. The van der Waals surface area contributed by atoms with E-state index in [1.165, 1.54) is 0 Å². The SMILES string of the molecule is NCC=Cc1cnccc1Cl. The summed E-state index contributed by atoms with van der Waals surface area (Å²) in [7, 11) is 0. The molecule has 1 heterocycles. The molecule has 0 aliphatic heterocycles. The summed E-state index contributed by atoms with van der Waals surface area (Å²) in [5.74, 6) is 0. The summed E-state index contributed by atoms with van der Waals surface area (Å²) < 4.78 is 0. The second-order valence-electron chi connectivity index (χ2n) is 2.04. The molecule has 2 nitrogen and oxygen atoms in total. The van der Waals surface area contributed by atoms with Crippen LogP contribution in [0.1, 0.15) is 5.56 Å². The van der Waals surface area contributed by atoms with Crippen molar-refractivity contribution in [2.75, 3.05) is 6.54 Å². The molecule has 1 rings (SSSR count). The van der Waals surface area contributed by atoms with Gasteiger partial charge in [0.25, 0.3) is 0 Å². The lowest BCUT2D eigenvalue weighted by Gasteiger charge is -1.93. The van der Waals surface area contributed by atoms with Gasteiger partial charge in [-0.15, -0.1) is 0 Å². The third-order valence-corrected chi connectivity index (χ3v) is 1.57. The van der Waals surface area contributed by atoms with Gasteiger partial charge in [-0.2, -0.15) is 0 Å². The minimum atomic E-state index is 0.519. The molecule has 2 N–H and O–H groups in total. The van der Waals surface area contributed by atoms with E-state index in [-0.39, 0.29) is 0 Å². The highest BCUT2D eigenvalue weighted by Crippen LogP contribution is 2.14. The topological polar surface area (TPSA) is 38.9 Å². The number of aromatic nitrogens is 1. The first-order valence-electron chi connectivity index (χ1n) is 3.30. The fourth-order valence-corrected chi connectivity index (χ4v) is 0.875. The Hall–Kier alpha value is -0.860. The Kier molecular flexibility index (Phi) is 3.08. The molecule has 0 fully saturated rings. The van der Waals surface area contributed by atoms with Crippen molar-refractivity contribution < 1.29 is 0 Å². The molecule has 11 heavy (non-hydrogen) atoms. The van der Waals surface area contributed by atoms with Gasteiger partial charge in [0.15, 0.2) is 0 Å². The van der Waals surface area contributed by atoms with Crippen LogP contribution in [0.4, 0.5) is 0 Å². The third-order valence-electron chi connectivity index (χ3n) is 1.23. The average molecular weight is 169 g/mol. The van der Waals surface area contributed by atoms with Gasteiger partial charge in [0.2, 0.25) is 0 Å². The lowest BCUT2D eigenvalue weighted by Crippen LogP contribution is -1.92. The molecule has 0 saturated heterocycles. The zero-order chi connectivity index (χ0) is 8.10. The predicted octanol–water partition coefficient (Wildman–Crippen LogP) is 1.71. The maximum atomic E-state index is 5.83. The van der Waals surface area contributed by atoms with Crippen molar-refractivity contribution in [3.8, 4) is 0 Å². The van der Waals surface area contributed by atoms with Crippen molar-refractivity contribution in [1.82, 2.24) is 4.98 Å². The summed E-state index contributed by atoms with van der Waals surface area (Å²) in [5.41, 5.74) is 6.18. The Balaban J connectivity index is 2.86. The molecule has 0 bridgehead atoms. The molecule has 0 spiro atoms. The molecule has 58 valence electrons. The largest absolute Gasteiger partial charge is 0.327 e. The first-order valence-corrected chi connectivity index (χ1v) is 3.68. The van der Waals surface area contributed by atoms with Gasteiger partial charge < -0.3 is 5.73 Å². The lowest BCUT2D eigenvalue weighted by molar-refractivity contribution is 1.26. The van der Waals surface area contributed by atoms with Gasteiger partial charge in [-0.05, 0) is 6.07 Å². The molecule has 1 aromatic heterocycles. The van der Waals surface area contributed by atoms with E-state index in [2.05, 4.69) is 4.98 Å². The average Bonchev–Trinajstić information content (AvgIpc) is 2.03. The zero-order valence-corrected chi connectivity index (χ0v) is 6.75. The van der Waals surface area contributed by atoms with Crippen LogP contribution in [-0.2, 0) is 0 Å². The van der Waals surface area contributed by atoms with E-state index in [0.717, 1.165) is 5.56 Å². The number of rotatable bonds is 2. The van der Waals surface area contributed by atoms with Crippen LogP contribution >= 0.6 is 11.6 Å². The monoisotopic (exact) mass is 168 g/mol. The summed E-state index contributed by atoms with van der Waals surface area (Å²) in [5, 5.41) is 0.699. The third kappa shape index (κ3) is 2.33. The second kappa shape index (κ2) is 4.11. The van der Waals surface area contributed by atoms with E-state index in [0.29, 0.717) is 11.6 Å². The Morgan fingerprint density at radius 2 is 2.45 bits per heavy atom. The van der Waals surface area contributed by atoms with Gasteiger partial charge >= 0.3 is 0 Å². The standard InChI is InChI=1S/C8H9ClN2/c9-8-3-5-11-6-7(8)2-1-4-10/h1-3,5-6H,4,10H2. The number of nitrogens with two attached hydrogens (primary N) is 1. The minimum absolute atomic E-state index is 0.519. The molecular weight excluding hydrogens is 160 g/mol. The van der Waals surface area contributed by atoms with E-state index in [1.807, 2.05) is 12.2 Å².